The van der Waals surface area contributed by atoms with E-state index in [9.17, 15) is 18.0 Å². The van der Waals surface area contributed by atoms with Crippen LogP contribution in [0.2, 0.25) is 0 Å². The molecule has 2 N–H and O–H groups in total. The van der Waals surface area contributed by atoms with Gasteiger partial charge in [-0.1, -0.05) is 0 Å². The number of hydrogen-bond donors (Lipinski definition) is 2. The number of benzene rings is 1. The fourth-order valence-corrected chi connectivity index (χ4v) is 3.44. The van der Waals surface area contributed by atoms with Gasteiger partial charge in [0.15, 0.2) is 0 Å². The van der Waals surface area contributed by atoms with Gasteiger partial charge in [-0.25, -0.2) is 4.79 Å². The van der Waals surface area contributed by atoms with E-state index in [1.54, 1.807) is 7.05 Å². The number of carbonyl (C=O) groups excluding carboxylic acids is 1. The average molecular weight is 443 g/mol. The second kappa shape index (κ2) is 10.5. The third-order valence-corrected chi connectivity index (χ3v) is 5.18. The van der Waals surface area contributed by atoms with Crippen LogP contribution in [0.3, 0.4) is 0 Å². The number of piperidine rings is 1. The van der Waals surface area contributed by atoms with Gasteiger partial charge in [0.05, 0.1) is 29.9 Å². The molecule has 2 saturated heterocycles. The molecule has 0 saturated carbocycles. The number of alkyl halides is 3. The maximum Gasteiger partial charge on any atom is 0.490 e. The third-order valence-electron chi connectivity index (χ3n) is 5.18. The highest BCUT2D eigenvalue weighted by Gasteiger charge is 2.43. The minimum absolute atomic E-state index is 0.00348. The molecule has 0 aromatic heterocycles. The minimum atomic E-state index is -5.08. The lowest BCUT2D eigenvalue weighted by atomic mass is 9.87. The molecule has 11 heteroatoms. The van der Waals surface area contributed by atoms with Crippen molar-refractivity contribution in [3.8, 4) is 6.07 Å². The second-order valence-corrected chi connectivity index (χ2v) is 7.25. The number of ether oxygens (including phenoxy) is 2. The molecule has 1 unspecified atom stereocenters. The molecule has 2 heterocycles. The van der Waals surface area contributed by atoms with Gasteiger partial charge in [-0.2, -0.15) is 18.4 Å². The first-order valence-electron chi connectivity index (χ1n) is 9.60. The Labute approximate surface area is 177 Å². The molecular weight excluding hydrogens is 419 g/mol. The average Bonchev–Trinajstić information content (AvgIpc) is 3.15. The van der Waals surface area contributed by atoms with Crippen molar-refractivity contribution in [2.45, 2.75) is 37.1 Å². The molecule has 2 aliphatic rings. The van der Waals surface area contributed by atoms with Gasteiger partial charge in [0, 0.05) is 32.2 Å². The summed E-state index contributed by atoms with van der Waals surface area (Å²) < 4.78 is 43.4. The molecule has 2 fully saturated rings. The molecule has 0 aliphatic carbocycles. The first-order chi connectivity index (χ1) is 14.6. The maximum absolute atomic E-state index is 11.3. The van der Waals surface area contributed by atoms with E-state index in [-0.39, 0.29) is 24.2 Å². The van der Waals surface area contributed by atoms with Crippen molar-refractivity contribution in [1.29, 1.82) is 5.26 Å². The van der Waals surface area contributed by atoms with Gasteiger partial charge in [-0.15, -0.1) is 0 Å². The number of hydrogen-bond acceptors (Lipinski definition) is 6. The second-order valence-electron chi connectivity index (χ2n) is 7.25. The summed E-state index contributed by atoms with van der Waals surface area (Å²) in [5.41, 5.74) is 1.72. The number of carbonyl (C=O) groups is 2. The summed E-state index contributed by atoms with van der Waals surface area (Å²) in [5, 5.41) is 18.6. The molecule has 3 rings (SSSR count). The largest absolute Gasteiger partial charge is 0.490 e. The highest BCUT2D eigenvalue weighted by molar-refractivity contribution is 5.76. The Morgan fingerprint density at radius 1 is 1.32 bits per heavy atom. The number of likely N-dealkylation sites (N-methyl/N-ethyl adjacent to an activating group) is 1. The summed E-state index contributed by atoms with van der Waals surface area (Å²) in [6.45, 7) is 2.51. The van der Waals surface area contributed by atoms with Crippen LogP contribution in [0.15, 0.2) is 24.3 Å². The van der Waals surface area contributed by atoms with Gasteiger partial charge in [0.25, 0.3) is 0 Å². The molecular formula is C20H24F3N3O5. The van der Waals surface area contributed by atoms with Crippen molar-refractivity contribution in [3.05, 3.63) is 29.8 Å². The number of carboxylic acid groups (broad SMARTS) is 1. The molecule has 31 heavy (non-hydrogen) atoms. The van der Waals surface area contributed by atoms with E-state index < -0.39 is 12.1 Å². The van der Waals surface area contributed by atoms with E-state index in [1.807, 2.05) is 24.3 Å². The fraction of sp³-hybridized carbons (Fsp3) is 0.550. The lowest BCUT2D eigenvalue weighted by Crippen LogP contribution is -2.44. The van der Waals surface area contributed by atoms with E-state index in [0.29, 0.717) is 12.2 Å². The summed E-state index contributed by atoms with van der Waals surface area (Å²) in [7, 11) is 1.61. The van der Waals surface area contributed by atoms with Gasteiger partial charge in [-0.05, 0) is 37.1 Å². The summed E-state index contributed by atoms with van der Waals surface area (Å²) in [6.07, 6.45) is -2.33. The Morgan fingerprint density at radius 3 is 2.39 bits per heavy atom. The van der Waals surface area contributed by atoms with Crippen molar-refractivity contribution in [1.82, 2.24) is 5.32 Å². The number of amides is 1. The molecule has 2 aliphatic heterocycles. The number of carboxylic acids is 1. The topological polar surface area (TPSA) is 112 Å². The van der Waals surface area contributed by atoms with Gasteiger partial charge >= 0.3 is 12.1 Å². The number of rotatable bonds is 4. The summed E-state index contributed by atoms with van der Waals surface area (Å²) >= 11 is 0. The Morgan fingerprint density at radius 2 is 1.90 bits per heavy atom. The van der Waals surface area contributed by atoms with E-state index in [1.165, 1.54) is 0 Å². The van der Waals surface area contributed by atoms with Crippen LogP contribution in [0.1, 0.15) is 24.8 Å². The minimum Gasteiger partial charge on any atom is -0.475 e. The summed E-state index contributed by atoms with van der Waals surface area (Å²) in [5.74, 6) is -2.86. The summed E-state index contributed by atoms with van der Waals surface area (Å²) in [4.78, 5) is 22.5. The molecule has 0 bridgehead atoms. The Balaban J connectivity index is 0.000000423. The Hall–Kier alpha value is -2.84. The van der Waals surface area contributed by atoms with Gasteiger partial charge in [-0.3, -0.25) is 4.79 Å². The number of aliphatic carboxylic acids is 1. The predicted molar refractivity (Wildman–Crippen MR) is 103 cm³/mol. The molecule has 0 radical (unpaired) electrons. The summed E-state index contributed by atoms with van der Waals surface area (Å²) in [6, 6.07) is 9.86. The van der Waals surface area contributed by atoms with Crippen LogP contribution in [0.4, 0.5) is 18.9 Å². The number of halogens is 3. The molecule has 1 aromatic rings. The van der Waals surface area contributed by atoms with Crippen LogP contribution >= 0.6 is 0 Å². The first kappa shape index (κ1) is 24.4. The number of nitriles is 1. The lowest BCUT2D eigenvalue weighted by Gasteiger charge is -2.39. The zero-order valence-corrected chi connectivity index (χ0v) is 16.9. The van der Waals surface area contributed by atoms with E-state index in [0.717, 1.165) is 38.0 Å². The molecule has 1 atom stereocenters. The van der Waals surface area contributed by atoms with Crippen molar-refractivity contribution >= 4 is 17.6 Å². The Kier molecular flexibility index (Phi) is 8.24. The first-order valence-corrected chi connectivity index (χ1v) is 9.60. The third kappa shape index (κ3) is 7.11. The van der Waals surface area contributed by atoms with Gasteiger partial charge in [0.2, 0.25) is 5.91 Å². The quantitative estimate of drug-likeness (QED) is 0.733. The van der Waals surface area contributed by atoms with Crippen molar-refractivity contribution < 1.29 is 37.3 Å². The number of anilines is 1. The van der Waals surface area contributed by atoms with Crippen LogP contribution in [0.5, 0.6) is 0 Å². The standard InChI is InChI=1S/C18H23N3O3.C2HF3O2/c1-20-17(22)13-23-16-10-18(24-12-16)6-8-21(9-7-18)15-4-2-14(11-19)3-5-15;3-2(4,5)1(6)7/h2-5,16H,6-10,12-13H2,1H3,(H,20,22);(H,6,7). The highest BCUT2D eigenvalue weighted by Crippen LogP contribution is 2.38. The van der Waals surface area contributed by atoms with Crippen molar-refractivity contribution in [2.75, 3.05) is 38.3 Å². The van der Waals surface area contributed by atoms with Crippen LogP contribution in [0.25, 0.3) is 0 Å². The maximum atomic E-state index is 11.3. The molecule has 170 valence electrons. The van der Waals surface area contributed by atoms with Crippen molar-refractivity contribution in [3.63, 3.8) is 0 Å². The van der Waals surface area contributed by atoms with Crippen LogP contribution in [0, 0.1) is 11.3 Å². The number of nitrogens with zero attached hydrogens (tertiary/aromatic N) is 2. The van der Waals surface area contributed by atoms with Crippen LogP contribution < -0.4 is 10.2 Å². The normalized spacial score (nSPS) is 19.8. The smallest absolute Gasteiger partial charge is 0.475 e. The fourth-order valence-electron chi connectivity index (χ4n) is 3.44. The monoisotopic (exact) mass is 443 g/mol. The van der Waals surface area contributed by atoms with Crippen LogP contribution in [-0.4, -0.2) is 68.2 Å². The van der Waals surface area contributed by atoms with E-state index in [4.69, 9.17) is 24.6 Å². The van der Waals surface area contributed by atoms with Crippen LogP contribution in [-0.2, 0) is 19.1 Å². The molecule has 1 spiro atoms. The number of nitrogens with one attached hydrogen (secondary N) is 1. The molecule has 1 aromatic carbocycles. The van der Waals surface area contributed by atoms with E-state index >= 15 is 0 Å². The van der Waals surface area contributed by atoms with Gasteiger partial charge < -0.3 is 24.8 Å². The van der Waals surface area contributed by atoms with Crippen molar-refractivity contribution in [2.24, 2.45) is 0 Å². The lowest BCUT2D eigenvalue weighted by molar-refractivity contribution is -0.192. The highest BCUT2D eigenvalue weighted by atomic mass is 19.4. The molecule has 1 amide bonds. The predicted octanol–water partition coefficient (Wildman–Crippen LogP) is 2.08. The SMILES string of the molecule is CNC(=O)COC1COC2(CCN(c3ccc(C#N)cc3)CC2)C1.O=C(O)C(F)(F)F. The van der Waals surface area contributed by atoms with Gasteiger partial charge in [0.1, 0.15) is 6.61 Å². The molecule has 8 nitrogen and oxygen atoms in total. The zero-order valence-electron chi connectivity index (χ0n) is 16.9. The van der Waals surface area contributed by atoms with E-state index in [2.05, 4.69) is 16.3 Å². The zero-order chi connectivity index (χ0) is 23.1. The Bertz CT molecular complexity index is 800.